The Morgan fingerprint density at radius 3 is 2.67 bits per heavy atom. The van der Waals surface area contributed by atoms with Crippen LogP contribution in [0.15, 0.2) is 58.1 Å². The van der Waals surface area contributed by atoms with Gasteiger partial charge in [0.1, 0.15) is 5.76 Å². The summed E-state index contributed by atoms with van der Waals surface area (Å²) in [4.78, 5) is 12.2. The summed E-state index contributed by atoms with van der Waals surface area (Å²) in [6, 6.07) is 9.89. The third kappa shape index (κ3) is 3.76. The second-order valence-corrected chi connectivity index (χ2v) is 8.05. The first-order valence-corrected chi connectivity index (χ1v) is 9.47. The lowest BCUT2D eigenvalue weighted by atomic mass is 10.3. The minimum Gasteiger partial charge on any atom is -0.465 e. The van der Waals surface area contributed by atoms with Crippen molar-refractivity contribution in [3.63, 3.8) is 0 Å². The van der Waals surface area contributed by atoms with Crippen LogP contribution in [0.3, 0.4) is 0 Å². The first-order valence-electron chi connectivity index (χ1n) is 7.92. The number of carbonyl (C=O) groups excluding carboxylic acids is 1. The highest BCUT2D eigenvalue weighted by Crippen LogP contribution is 2.30. The Hall–Kier alpha value is -2.34. The fourth-order valence-electron chi connectivity index (χ4n) is 2.87. The number of carbonyl (C=O) groups is 1. The van der Waals surface area contributed by atoms with E-state index in [1.54, 1.807) is 36.4 Å². The lowest BCUT2D eigenvalue weighted by Gasteiger charge is -2.12. The van der Waals surface area contributed by atoms with Crippen LogP contribution in [-0.4, -0.2) is 19.6 Å². The Morgan fingerprint density at radius 1 is 1.17 bits per heavy atom. The van der Waals surface area contributed by atoms with Gasteiger partial charge in [-0.3, -0.25) is 4.79 Å². The Bertz CT molecular complexity index is 832. The molecule has 1 aliphatic carbocycles. The van der Waals surface area contributed by atoms with Crippen molar-refractivity contribution in [3.05, 3.63) is 54.5 Å². The van der Waals surface area contributed by atoms with E-state index in [2.05, 4.69) is 5.32 Å². The van der Waals surface area contributed by atoms with E-state index in [1.807, 2.05) is 0 Å². The van der Waals surface area contributed by atoms with Crippen molar-refractivity contribution in [2.24, 2.45) is 0 Å². The number of anilines is 1. The molecule has 0 spiro atoms. The normalized spacial score (nSPS) is 15.8. The van der Waals surface area contributed by atoms with Gasteiger partial charge in [-0.1, -0.05) is 18.9 Å². The molecule has 0 radical (unpaired) electrons. The van der Waals surface area contributed by atoms with Gasteiger partial charge < -0.3 is 9.73 Å². The van der Waals surface area contributed by atoms with E-state index in [4.69, 9.17) is 4.42 Å². The van der Waals surface area contributed by atoms with Gasteiger partial charge in [-0.25, -0.2) is 8.42 Å². The van der Waals surface area contributed by atoms with E-state index >= 15 is 0 Å². The number of rotatable bonds is 5. The Balaban J connectivity index is 1.72. The van der Waals surface area contributed by atoms with Crippen LogP contribution in [0.1, 0.15) is 31.4 Å². The monoisotopic (exact) mass is 345 g/mol. The molecule has 1 saturated carbocycles. The molecular formula is C18H19NO4S. The lowest BCUT2D eigenvalue weighted by molar-refractivity contribution is -0.111. The van der Waals surface area contributed by atoms with Crippen LogP contribution in [0.4, 0.5) is 5.69 Å². The van der Waals surface area contributed by atoms with Crippen molar-refractivity contribution in [1.29, 1.82) is 0 Å². The van der Waals surface area contributed by atoms with E-state index < -0.39 is 9.84 Å². The number of furan rings is 1. The summed E-state index contributed by atoms with van der Waals surface area (Å²) in [5.74, 6) is 0.226. The molecule has 1 amide bonds. The lowest BCUT2D eigenvalue weighted by Crippen LogP contribution is -2.18. The zero-order valence-corrected chi connectivity index (χ0v) is 14.0. The third-order valence-electron chi connectivity index (χ3n) is 4.11. The summed E-state index contributed by atoms with van der Waals surface area (Å²) in [5.41, 5.74) is 0.461. The quantitative estimate of drug-likeness (QED) is 0.839. The molecule has 0 atom stereocenters. The molecule has 0 aliphatic heterocycles. The molecule has 1 aromatic carbocycles. The molecule has 2 aromatic rings. The maximum absolute atomic E-state index is 12.6. The van der Waals surface area contributed by atoms with Crippen molar-refractivity contribution in [3.8, 4) is 0 Å². The largest absolute Gasteiger partial charge is 0.465 e. The van der Waals surface area contributed by atoms with Crippen molar-refractivity contribution in [1.82, 2.24) is 0 Å². The highest BCUT2D eigenvalue weighted by Gasteiger charge is 2.30. The smallest absolute Gasteiger partial charge is 0.248 e. The van der Waals surface area contributed by atoms with Crippen LogP contribution in [0.2, 0.25) is 0 Å². The number of nitrogens with one attached hydrogen (secondary N) is 1. The van der Waals surface area contributed by atoms with Gasteiger partial charge in [0, 0.05) is 11.8 Å². The third-order valence-corrected chi connectivity index (χ3v) is 6.37. The fraction of sp³-hybridized carbons (Fsp3) is 0.278. The zero-order valence-electron chi connectivity index (χ0n) is 13.1. The molecule has 5 nitrogen and oxygen atoms in total. The van der Waals surface area contributed by atoms with Crippen LogP contribution < -0.4 is 5.32 Å². The Labute approximate surface area is 141 Å². The molecule has 1 aliphatic rings. The molecular weight excluding hydrogens is 326 g/mol. The predicted octanol–water partition coefficient (Wildman–Crippen LogP) is 3.65. The average molecular weight is 345 g/mol. The van der Waals surface area contributed by atoms with Gasteiger partial charge in [0.2, 0.25) is 5.91 Å². The van der Waals surface area contributed by atoms with Crippen molar-refractivity contribution >= 4 is 27.5 Å². The zero-order chi connectivity index (χ0) is 17.0. The number of hydrogen-bond donors (Lipinski definition) is 1. The van der Waals surface area contributed by atoms with E-state index in [1.165, 1.54) is 18.4 Å². The number of hydrogen-bond acceptors (Lipinski definition) is 4. The maximum atomic E-state index is 12.6. The van der Waals surface area contributed by atoms with Gasteiger partial charge in [-0.05, 0) is 49.2 Å². The topological polar surface area (TPSA) is 76.4 Å². The molecule has 0 unspecified atom stereocenters. The van der Waals surface area contributed by atoms with Gasteiger partial charge >= 0.3 is 0 Å². The molecule has 1 aromatic heterocycles. The summed E-state index contributed by atoms with van der Waals surface area (Å²) >= 11 is 0. The first kappa shape index (κ1) is 16.5. The van der Waals surface area contributed by atoms with Crippen LogP contribution in [-0.2, 0) is 14.6 Å². The molecule has 126 valence electrons. The van der Waals surface area contributed by atoms with Gasteiger partial charge in [-0.2, -0.15) is 0 Å². The van der Waals surface area contributed by atoms with E-state index in [0.717, 1.165) is 12.8 Å². The summed E-state index contributed by atoms with van der Waals surface area (Å²) in [6.07, 6.45) is 7.76. The van der Waals surface area contributed by atoms with Gasteiger partial charge in [0.25, 0.3) is 0 Å². The SMILES string of the molecule is O=C(C=Cc1ccco1)Nc1cccc(S(=O)(=O)C2CCCC2)c1. The van der Waals surface area contributed by atoms with Gasteiger partial charge in [-0.15, -0.1) is 0 Å². The molecule has 0 saturated heterocycles. The summed E-state index contributed by atoms with van der Waals surface area (Å²) in [6.45, 7) is 0. The first-order chi connectivity index (χ1) is 11.6. The molecule has 0 bridgehead atoms. The van der Waals surface area contributed by atoms with Gasteiger partial charge in [0.15, 0.2) is 9.84 Å². The molecule has 1 heterocycles. The fourth-order valence-corrected chi connectivity index (χ4v) is 4.77. The van der Waals surface area contributed by atoms with Crippen molar-refractivity contribution in [2.45, 2.75) is 35.8 Å². The second kappa shape index (κ2) is 7.05. The summed E-state index contributed by atoms with van der Waals surface area (Å²) in [7, 11) is -3.33. The van der Waals surface area contributed by atoms with Crippen LogP contribution in [0, 0.1) is 0 Å². The maximum Gasteiger partial charge on any atom is 0.248 e. The molecule has 3 rings (SSSR count). The summed E-state index contributed by atoms with van der Waals surface area (Å²) in [5, 5.41) is 2.37. The van der Waals surface area contributed by atoms with E-state index in [0.29, 0.717) is 24.3 Å². The Kier molecular flexibility index (Phi) is 4.85. The van der Waals surface area contributed by atoms with Crippen LogP contribution in [0.5, 0.6) is 0 Å². The van der Waals surface area contributed by atoms with Crippen molar-refractivity contribution in [2.75, 3.05) is 5.32 Å². The van der Waals surface area contributed by atoms with Crippen LogP contribution >= 0.6 is 0 Å². The molecule has 1 N–H and O–H groups in total. The van der Waals surface area contributed by atoms with E-state index in [9.17, 15) is 13.2 Å². The van der Waals surface area contributed by atoms with Crippen LogP contribution in [0.25, 0.3) is 6.08 Å². The highest BCUT2D eigenvalue weighted by atomic mass is 32.2. The number of amides is 1. The standard InChI is InChI=1S/C18H19NO4S/c20-18(11-10-15-6-4-12-23-15)19-14-5-3-9-17(13-14)24(21,22)16-7-1-2-8-16/h3-6,9-13,16H,1-2,7-8H2,(H,19,20). The second-order valence-electron chi connectivity index (χ2n) is 5.82. The molecule has 1 fully saturated rings. The average Bonchev–Trinajstić information content (AvgIpc) is 3.27. The highest BCUT2D eigenvalue weighted by molar-refractivity contribution is 7.92. The minimum absolute atomic E-state index is 0.266. The number of sulfone groups is 1. The molecule has 6 heteroatoms. The van der Waals surface area contributed by atoms with E-state index in [-0.39, 0.29) is 16.1 Å². The van der Waals surface area contributed by atoms with Gasteiger partial charge in [0.05, 0.1) is 16.4 Å². The predicted molar refractivity (Wildman–Crippen MR) is 92.3 cm³/mol. The number of benzene rings is 1. The molecule has 24 heavy (non-hydrogen) atoms. The van der Waals surface area contributed by atoms with Crippen molar-refractivity contribution < 1.29 is 17.6 Å². The Morgan fingerprint density at radius 2 is 1.96 bits per heavy atom. The summed E-state index contributed by atoms with van der Waals surface area (Å²) < 4.78 is 30.3. The minimum atomic E-state index is -3.33.